The molecule has 0 saturated carbocycles. The van der Waals surface area contributed by atoms with Crippen LogP contribution in [0.1, 0.15) is 55.5 Å². The molecule has 4 aromatic rings. The summed E-state index contributed by atoms with van der Waals surface area (Å²) in [5.41, 5.74) is 3.75. The van der Waals surface area contributed by atoms with Crippen LogP contribution in [0.5, 0.6) is 6.01 Å². The third-order valence-corrected chi connectivity index (χ3v) is 6.24. The lowest BCUT2D eigenvalue weighted by Crippen LogP contribution is -2.12. The fourth-order valence-electron chi connectivity index (χ4n) is 4.15. The number of aryl methyl sites for hydroxylation is 1. The summed E-state index contributed by atoms with van der Waals surface area (Å²) in [7, 11) is 0. The van der Waals surface area contributed by atoms with E-state index in [1.807, 2.05) is 43.3 Å². The van der Waals surface area contributed by atoms with Crippen LogP contribution in [-0.2, 0) is 11.2 Å². The summed E-state index contributed by atoms with van der Waals surface area (Å²) in [5.74, 6) is -0.109. The zero-order valence-electron chi connectivity index (χ0n) is 22.5. The standard InChI is InChI=1S/C31H35FN4O3/c1-3-5-6-7-9-23-12-14-24(15-13-23)30(37)33-27-16-18-28(19-17-27)36-29(25-10-8-11-26(32)22-25)34-31(35-36)39-21-20-38-4-2/h8,10-19,22H,3-7,9,20-21H2,1-2H3,(H,33,37). The van der Waals surface area contributed by atoms with Gasteiger partial charge in [-0.3, -0.25) is 4.79 Å². The van der Waals surface area contributed by atoms with Crippen LogP contribution in [0.25, 0.3) is 17.1 Å². The van der Waals surface area contributed by atoms with E-state index in [0.29, 0.717) is 48.1 Å². The molecule has 0 spiro atoms. The predicted molar refractivity (Wildman–Crippen MR) is 151 cm³/mol. The third-order valence-electron chi connectivity index (χ3n) is 6.24. The molecule has 0 aliphatic rings. The van der Waals surface area contributed by atoms with E-state index in [-0.39, 0.29) is 17.7 Å². The normalized spacial score (nSPS) is 10.9. The molecular formula is C31H35FN4O3. The van der Waals surface area contributed by atoms with Crippen molar-refractivity contribution < 1.29 is 18.7 Å². The molecule has 1 heterocycles. The Hall–Kier alpha value is -4.04. The second-order valence-electron chi connectivity index (χ2n) is 9.19. The SMILES string of the molecule is CCCCCCc1ccc(C(=O)Nc2ccc(-n3nc(OCCOCC)nc3-c3cccc(F)c3)cc2)cc1. The van der Waals surface area contributed by atoms with E-state index >= 15 is 0 Å². The number of anilines is 1. The number of aromatic nitrogens is 3. The van der Waals surface area contributed by atoms with Crippen molar-refractivity contribution in [3.63, 3.8) is 0 Å². The van der Waals surface area contributed by atoms with Crippen LogP contribution in [0.3, 0.4) is 0 Å². The Morgan fingerprint density at radius 2 is 1.74 bits per heavy atom. The first-order chi connectivity index (χ1) is 19.1. The average Bonchev–Trinajstić information content (AvgIpc) is 3.38. The third kappa shape index (κ3) is 7.97. The fourth-order valence-corrected chi connectivity index (χ4v) is 4.15. The monoisotopic (exact) mass is 530 g/mol. The summed E-state index contributed by atoms with van der Waals surface area (Å²) in [6.07, 6.45) is 5.90. The number of rotatable bonds is 14. The van der Waals surface area contributed by atoms with Crippen molar-refractivity contribution in [2.24, 2.45) is 0 Å². The topological polar surface area (TPSA) is 78.3 Å². The number of ether oxygens (including phenoxy) is 2. The fraction of sp³-hybridized carbons (Fsp3) is 0.323. The highest BCUT2D eigenvalue weighted by Crippen LogP contribution is 2.25. The van der Waals surface area contributed by atoms with Gasteiger partial charge < -0.3 is 14.8 Å². The van der Waals surface area contributed by atoms with Gasteiger partial charge in [0.25, 0.3) is 5.91 Å². The van der Waals surface area contributed by atoms with E-state index < -0.39 is 0 Å². The first kappa shape index (κ1) is 28.0. The second kappa shape index (κ2) is 14.2. The molecule has 39 heavy (non-hydrogen) atoms. The van der Waals surface area contributed by atoms with E-state index in [0.717, 1.165) is 6.42 Å². The summed E-state index contributed by atoms with van der Waals surface area (Å²) in [6.45, 7) is 5.42. The molecule has 1 aromatic heterocycles. The van der Waals surface area contributed by atoms with Crippen LogP contribution in [0.15, 0.2) is 72.8 Å². The lowest BCUT2D eigenvalue weighted by Gasteiger charge is -2.09. The maximum Gasteiger partial charge on any atom is 0.336 e. The molecule has 0 bridgehead atoms. The highest BCUT2D eigenvalue weighted by Gasteiger charge is 2.16. The molecule has 0 atom stereocenters. The van der Waals surface area contributed by atoms with Crippen LogP contribution in [0.4, 0.5) is 10.1 Å². The van der Waals surface area contributed by atoms with Gasteiger partial charge in [-0.2, -0.15) is 4.98 Å². The van der Waals surface area contributed by atoms with Crippen molar-refractivity contribution in [3.8, 4) is 23.1 Å². The number of hydrogen-bond donors (Lipinski definition) is 1. The van der Waals surface area contributed by atoms with Crippen molar-refractivity contribution >= 4 is 11.6 Å². The molecule has 0 saturated heterocycles. The summed E-state index contributed by atoms with van der Waals surface area (Å²) in [5, 5.41) is 7.42. The van der Waals surface area contributed by atoms with E-state index in [4.69, 9.17) is 9.47 Å². The number of amides is 1. The van der Waals surface area contributed by atoms with Crippen LogP contribution in [-0.4, -0.2) is 40.5 Å². The van der Waals surface area contributed by atoms with Gasteiger partial charge in [0.2, 0.25) is 0 Å². The van der Waals surface area contributed by atoms with Crippen LogP contribution in [0, 0.1) is 5.82 Å². The van der Waals surface area contributed by atoms with Crippen molar-refractivity contribution in [2.45, 2.75) is 46.0 Å². The number of hydrogen-bond acceptors (Lipinski definition) is 5. The minimum Gasteiger partial charge on any atom is -0.460 e. The van der Waals surface area contributed by atoms with E-state index in [2.05, 4.69) is 22.3 Å². The average molecular weight is 531 g/mol. The maximum absolute atomic E-state index is 14.0. The van der Waals surface area contributed by atoms with Crippen molar-refractivity contribution in [3.05, 3.63) is 89.7 Å². The molecule has 4 rings (SSSR count). The van der Waals surface area contributed by atoms with E-state index in [9.17, 15) is 9.18 Å². The first-order valence-corrected chi connectivity index (χ1v) is 13.5. The summed E-state index contributed by atoms with van der Waals surface area (Å²) in [6, 6.07) is 21.3. The van der Waals surface area contributed by atoms with Gasteiger partial charge in [0.1, 0.15) is 12.4 Å². The highest BCUT2D eigenvalue weighted by molar-refractivity contribution is 6.04. The molecule has 1 N–H and O–H groups in total. The smallest absolute Gasteiger partial charge is 0.336 e. The van der Waals surface area contributed by atoms with Gasteiger partial charge in [-0.05, 0) is 73.9 Å². The quantitative estimate of drug-likeness (QED) is 0.180. The molecule has 0 aliphatic heterocycles. The molecule has 0 unspecified atom stereocenters. The summed E-state index contributed by atoms with van der Waals surface area (Å²) in [4.78, 5) is 17.3. The Morgan fingerprint density at radius 3 is 2.46 bits per heavy atom. The number of benzene rings is 3. The molecule has 0 fully saturated rings. The van der Waals surface area contributed by atoms with Crippen molar-refractivity contribution in [2.75, 3.05) is 25.1 Å². The molecule has 7 nitrogen and oxygen atoms in total. The largest absolute Gasteiger partial charge is 0.460 e. The lowest BCUT2D eigenvalue weighted by molar-refractivity contribution is 0.102. The Balaban J connectivity index is 1.46. The van der Waals surface area contributed by atoms with Gasteiger partial charge in [-0.15, -0.1) is 5.10 Å². The van der Waals surface area contributed by atoms with Crippen LogP contribution < -0.4 is 10.1 Å². The molecular weight excluding hydrogens is 495 g/mol. The Kier molecular flexibility index (Phi) is 10.2. The van der Waals surface area contributed by atoms with Gasteiger partial charge in [-0.25, -0.2) is 9.07 Å². The number of nitrogens with zero attached hydrogens (tertiary/aromatic N) is 3. The van der Waals surface area contributed by atoms with Gasteiger partial charge in [0.05, 0.1) is 12.3 Å². The van der Waals surface area contributed by atoms with Crippen LogP contribution >= 0.6 is 0 Å². The molecule has 1 amide bonds. The van der Waals surface area contributed by atoms with Gasteiger partial charge >= 0.3 is 6.01 Å². The highest BCUT2D eigenvalue weighted by atomic mass is 19.1. The van der Waals surface area contributed by atoms with E-state index in [1.54, 1.807) is 28.9 Å². The Morgan fingerprint density at radius 1 is 0.949 bits per heavy atom. The zero-order valence-corrected chi connectivity index (χ0v) is 22.5. The summed E-state index contributed by atoms with van der Waals surface area (Å²) < 4.78 is 26.5. The lowest BCUT2D eigenvalue weighted by atomic mass is 10.0. The zero-order chi connectivity index (χ0) is 27.5. The number of unbranched alkanes of at least 4 members (excludes halogenated alkanes) is 3. The minimum absolute atomic E-state index is 0.167. The maximum atomic E-state index is 14.0. The number of nitrogens with one attached hydrogen (secondary N) is 1. The number of carbonyl (C=O) groups is 1. The number of halogens is 1. The Labute approximate surface area is 229 Å². The minimum atomic E-state index is -0.372. The van der Waals surface area contributed by atoms with Crippen LogP contribution in [0.2, 0.25) is 0 Å². The first-order valence-electron chi connectivity index (χ1n) is 13.5. The van der Waals surface area contributed by atoms with Crippen molar-refractivity contribution in [1.82, 2.24) is 14.8 Å². The number of carbonyl (C=O) groups excluding carboxylic acids is 1. The van der Waals surface area contributed by atoms with E-state index in [1.165, 1.54) is 43.4 Å². The Bertz CT molecular complexity index is 1340. The van der Waals surface area contributed by atoms with Crippen molar-refractivity contribution in [1.29, 1.82) is 0 Å². The van der Waals surface area contributed by atoms with Gasteiger partial charge in [-0.1, -0.05) is 50.5 Å². The molecule has 0 radical (unpaired) electrons. The molecule has 3 aromatic carbocycles. The predicted octanol–water partition coefficient (Wildman–Crippen LogP) is 6.86. The molecule has 204 valence electrons. The molecule has 8 heteroatoms. The van der Waals surface area contributed by atoms with Gasteiger partial charge in [0, 0.05) is 23.4 Å². The molecule has 0 aliphatic carbocycles. The second-order valence-corrected chi connectivity index (χ2v) is 9.19. The van der Waals surface area contributed by atoms with Gasteiger partial charge in [0.15, 0.2) is 5.82 Å². The summed E-state index contributed by atoms with van der Waals surface area (Å²) >= 11 is 0.